The van der Waals surface area contributed by atoms with Crippen LogP contribution in [0, 0.1) is 11.8 Å². The number of rotatable bonds is 10. The predicted octanol–water partition coefficient (Wildman–Crippen LogP) is 0.125. The summed E-state index contributed by atoms with van der Waals surface area (Å²) in [6, 6.07) is 9.37. The van der Waals surface area contributed by atoms with Gasteiger partial charge in [0.15, 0.2) is 0 Å². The van der Waals surface area contributed by atoms with Gasteiger partial charge in [0.25, 0.3) is 0 Å². The average molecular weight is 308 g/mol. The standard InChI is InChI=1S/C17H27NO4/c1-3-15(13-7-5-4-6-8-13)16(12(2)17(21)22)9-18-14(10-19)11-20/h4-8,12,14-16,18-20H,3,9-11H2,1-2H3,(H,21,22)/p-1. The first-order valence-corrected chi connectivity index (χ1v) is 7.76. The third kappa shape index (κ3) is 5.09. The summed E-state index contributed by atoms with van der Waals surface area (Å²) in [6.07, 6.45) is 0.802. The van der Waals surface area contributed by atoms with Crippen molar-refractivity contribution in [2.75, 3.05) is 19.8 Å². The van der Waals surface area contributed by atoms with Crippen molar-refractivity contribution >= 4 is 5.97 Å². The Kier molecular flexibility index (Phi) is 8.09. The Balaban J connectivity index is 2.94. The number of aliphatic hydroxyl groups excluding tert-OH is 2. The molecular formula is C17H26NO4-. The molecule has 0 aliphatic carbocycles. The number of carbonyl (C=O) groups excluding carboxylic acids is 1. The second-order valence-electron chi connectivity index (χ2n) is 5.67. The Bertz CT molecular complexity index is 434. The highest BCUT2D eigenvalue weighted by molar-refractivity contribution is 5.67. The molecule has 0 aliphatic heterocycles. The minimum absolute atomic E-state index is 0.0691. The van der Waals surface area contributed by atoms with Gasteiger partial charge in [-0.15, -0.1) is 0 Å². The van der Waals surface area contributed by atoms with Gasteiger partial charge in [0.2, 0.25) is 0 Å². The van der Waals surface area contributed by atoms with E-state index in [1.807, 2.05) is 37.3 Å². The number of carboxylic acid groups (broad SMARTS) is 1. The molecule has 0 radical (unpaired) electrons. The van der Waals surface area contributed by atoms with Crippen LogP contribution in [0.4, 0.5) is 0 Å². The van der Waals surface area contributed by atoms with Crippen molar-refractivity contribution in [1.82, 2.24) is 5.32 Å². The third-order valence-electron chi connectivity index (χ3n) is 4.28. The molecule has 1 aromatic rings. The highest BCUT2D eigenvalue weighted by Crippen LogP contribution is 2.32. The molecule has 3 atom stereocenters. The molecule has 0 bridgehead atoms. The molecule has 5 heteroatoms. The molecule has 0 heterocycles. The SMILES string of the molecule is CCC(c1ccccc1)C(CNC(CO)CO)C(C)C(=O)[O-]. The fraction of sp³-hybridized carbons (Fsp3) is 0.588. The highest BCUT2D eigenvalue weighted by Gasteiger charge is 2.28. The van der Waals surface area contributed by atoms with E-state index in [1.54, 1.807) is 6.92 Å². The van der Waals surface area contributed by atoms with Crippen molar-refractivity contribution in [3.63, 3.8) is 0 Å². The normalized spacial score (nSPS) is 15.5. The van der Waals surface area contributed by atoms with Gasteiger partial charge in [0.1, 0.15) is 0 Å². The summed E-state index contributed by atoms with van der Waals surface area (Å²) in [4.78, 5) is 11.3. The van der Waals surface area contributed by atoms with Gasteiger partial charge in [-0.05, 0) is 30.4 Å². The molecule has 124 valence electrons. The predicted molar refractivity (Wildman–Crippen MR) is 83.1 cm³/mol. The molecule has 0 amide bonds. The van der Waals surface area contributed by atoms with Gasteiger partial charge in [-0.25, -0.2) is 0 Å². The van der Waals surface area contributed by atoms with Crippen LogP contribution in [0.5, 0.6) is 0 Å². The summed E-state index contributed by atoms with van der Waals surface area (Å²) in [5.74, 6) is -1.82. The number of benzene rings is 1. The number of carboxylic acids is 1. The van der Waals surface area contributed by atoms with Crippen molar-refractivity contribution in [3.05, 3.63) is 35.9 Å². The summed E-state index contributed by atoms with van der Waals surface area (Å²) >= 11 is 0. The lowest BCUT2D eigenvalue weighted by atomic mass is 9.77. The van der Waals surface area contributed by atoms with Crippen LogP contribution in [0.3, 0.4) is 0 Å². The average Bonchev–Trinajstić information content (AvgIpc) is 2.54. The van der Waals surface area contributed by atoms with Gasteiger partial charge in [-0.1, -0.05) is 44.2 Å². The number of nitrogens with one attached hydrogen (secondary N) is 1. The minimum Gasteiger partial charge on any atom is -0.550 e. The van der Waals surface area contributed by atoms with Crippen LogP contribution in [0.15, 0.2) is 30.3 Å². The fourth-order valence-corrected chi connectivity index (χ4v) is 2.82. The molecule has 3 unspecified atom stereocenters. The highest BCUT2D eigenvalue weighted by atomic mass is 16.4. The Morgan fingerprint density at radius 3 is 2.27 bits per heavy atom. The zero-order valence-electron chi connectivity index (χ0n) is 13.2. The first-order valence-electron chi connectivity index (χ1n) is 7.76. The van der Waals surface area contributed by atoms with E-state index in [0.29, 0.717) is 6.54 Å². The number of hydrogen-bond donors (Lipinski definition) is 3. The van der Waals surface area contributed by atoms with Crippen molar-refractivity contribution < 1.29 is 20.1 Å². The lowest BCUT2D eigenvalue weighted by Crippen LogP contribution is -2.45. The zero-order chi connectivity index (χ0) is 16.5. The first-order chi connectivity index (χ1) is 10.5. The van der Waals surface area contributed by atoms with Crippen molar-refractivity contribution in [3.8, 4) is 0 Å². The molecule has 22 heavy (non-hydrogen) atoms. The number of carbonyl (C=O) groups is 1. The maximum atomic E-state index is 11.3. The summed E-state index contributed by atoms with van der Waals surface area (Å²) in [6.45, 7) is 3.70. The van der Waals surface area contributed by atoms with Crippen LogP contribution in [0.1, 0.15) is 31.7 Å². The molecule has 0 saturated heterocycles. The summed E-state index contributed by atoms with van der Waals surface area (Å²) < 4.78 is 0. The van der Waals surface area contributed by atoms with Crippen LogP contribution >= 0.6 is 0 Å². The van der Waals surface area contributed by atoms with Crippen LogP contribution in [-0.4, -0.2) is 42.0 Å². The molecule has 5 nitrogen and oxygen atoms in total. The largest absolute Gasteiger partial charge is 0.550 e. The number of hydrogen-bond acceptors (Lipinski definition) is 5. The Hall–Kier alpha value is -1.43. The molecule has 1 rings (SSSR count). The molecule has 0 spiro atoms. The van der Waals surface area contributed by atoms with E-state index in [4.69, 9.17) is 10.2 Å². The van der Waals surface area contributed by atoms with E-state index in [-0.39, 0.29) is 25.0 Å². The number of aliphatic carboxylic acids is 1. The van der Waals surface area contributed by atoms with E-state index >= 15 is 0 Å². The van der Waals surface area contributed by atoms with Crippen LogP contribution < -0.4 is 10.4 Å². The lowest BCUT2D eigenvalue weighted by molar-refractivity contribution is -0.312. The van der Waals surface area contributed by atoms with Gasteiger partial charge in [0.05, 0.1) is 19.3 Å². The molecule has 0 aromatic heterocycles. The second-order valence-corrected chi connectivity index (χ2v) is 5.67. The Morgan fingerprint density at radius 1 is 1.23 bits per heavy atom. The summed E-state index contributed by atoms with van der Waals surface area (Å²) in [5.41, 5.74) is 1.09. The van der Waals surface area contributed by atoms with Crippen LogP contribution in [0.25, 0.3) is 0 Å². The summed E-state index contributed by atoms with van der Waals surface area (Å²) in [7, 11) is 0. The monoisotopic (exact) mass is 308 g/mol. The quantitative estimate of drug-likeness (QED) is 0.571. The zero-order valence-corrected chi connectivity index (χ0v) is 13.2. The lowest BCUT2D eigenvalue weighted by Gasteiger charge is -2.33. The molecule has 0 fully saturated rings. The van der Waals surface area contributed by atoms with Crippen molar-refractivity contribution in [1.29, 1.82) is 0 Å². The van der Waals surface area contributed by atoms with E-state index in [2.05, 4.69) is 5.32 Å². The minimum atomic E-state index is -1.08. The van der Waals surface area contributed by atoms with Crippen LogP contribution in [0.2, 0.25) is 0 Å². The second kappa shape index (κ2) is 9.56. The van der Waals surface area contributed by atoms with Gasteiger partial charge in [-0.3, -0.25) is 0 Å². The smallest absolute Gasteiger partial charge is 0.0607 e. The summed E-state index contributed by atoms with van der Waals surface area (Å²) in [5, 5.41) is 32.7. The van der Waals surface area contributed by atoms with Gasteiger partial charge < -0.3 is 25.4 Å². The maximum absolute atomic E-state index is 11.3. The van der Waals surface area contributed by atoms with E-state index in [9.17, 15) is 9.90 Å². The fourth-order valence-electron chi connectivity index (χ4n) is 2.82. The first kappa shape index (κ1) is 18.6. The molecule has 3 N–H and O–H groups in total. The topological polar surface area (TPSA) is 92.6 Å². The van der Waals surface area contributed by atoms with Crippen LogP contribution in [-0.2, 0) is 4.79 Å². The van der Waals surface area contributed by atoms with Gasteiger partial charge in [0, 0.05) is 11.9 Å². The molecule has 0 aliphatic rings. The Labute approximate surface area is 132 Å². The Morgan fingerprint density at radius 2 is 1.82 bits per heavy atom. The number of aliphatic hydroxyl groups is 2. The molecular weight excluding hydrogens is 282 g/mol. The van der Waals surface area contributed by atoms with Crippen molar-refractivity contribution in [2.45, 2.75) is 32.2 Å². The molecule has 0 saturated carbocycles. The van der Waals surface area contributed by atoms with Gasteiger partial charge >= 0.3 is 0 Å². The van der Waals surface area contributed by atoms with E-state index in [0.717, 1.165) is 12.0 Å². The van der Waals surface area contributed by atoms with Crippen molar-refractivity contribution in [2.24, 2.45) is 11.8 Å². The van der Waals surface area contributed by atoms with E-state index in [1.165, 1.54) is 0 Å². The maximum Gasteiger partial charge on any atom is 0.0607 e. The van der Waals surface area contributed by atoms with Gasteiger partial charge in [-0.2, -0.15) is 0 Å². The molecule has 1 aromatic carbocycles. The van der Waals surface area contributed by atoms with E-state index < -0.39 is 17.9 Å². The third-order valence-corrected chi connectivity index (χ3v) is 4.28.